The van der Waals surface area contributed by atoms with Gasteiger partial charge in [0.05, 0.1) is 3.57 Å². The summed E-state index contributed by atoms with van der Waals surface area (Å²) in [6, 6.07) is 8.50. The Morgan fingerprint density at radius 2 is 1.69 bits per heavy atom. The highest BCUT2D eigenvalue weighted by molar-refractivity contribution is 14.1. The van der Waals surface area contributed by atoms with Gasteiger partial charge in [0.2, 0.25) is 5.82 Å². The van der Waals surface area contributed by atoms with Gasteiger partial charge in [0.15, 0.2) is 11.6 Å². The molecule has 0 spiro atoms. The van der Waals surface area contributed by atoms with Gasteiger partial charge in [0, 0.05) is 5.56 Å². The molecular weight excluding hydrogens is 329 g/mol. The molecule has 82 valence electrons. The molecule has 2 rings (SSSR count). The van der Waals surface area contributed by atoms with Crippen LogP contribution in [0, 0.1) is 15.2 Å². The number of hydrogen-bond donors (Lipinski definition) is 0. The minimum absolute atomic E-state index is 0.0408. The van der Waals surface area contributed by atoms with Crippen molar-refractivity contribution in [2.24, 2.45) is 0 Å². The molecule has 0 fully saturated rings. The molecule has 0 amide bonds. The summed E-state index contributed by atoms with van der Waals surface area (Å²) in [5.41, 5.74) is -0.764. The normalized spacial score (nSPS) is 10.4. The number of hydrogen-bond acceptors (Lipinski definition) is 2. The molecule has 1 heterocycles. The van der Waals surface area contributed by atoms with Gasteiger partial charge in [0.25, 0.3) is 0 Å². The van der Waals surface area contributed by atoms with Crippen molar-refractivity contribution in [2.75, 3.05) is 0 Å². The SMILES string of the molecule is O=c1oc(-c2ccccc2)c(I)c(F)c1F. The Bertz CT molecular complexity index is 579. The van der Waals surface area contributed by atoms with Crippen LogP contribution in [0.4, 0.5) is 8.78 Å². The molecule has 1 aromatic carbocycles. The van der Waals surface area contributed by atoms with Gasteiger partial charge in [-0.2, -0.15) is 4.39 Å². The minimum atomic E-state index is -1.48. The van der Waals surface area contributed by atoms with Gasteiger partial charge in [0.1, 0.15) is 0 Å². The van der Waals surface area contributed by atoms with Crippen molar-refractivity contribution in [3.8, 4) is 11.3 Å². The minimum Gasteiger partial charge on any atom is -0.419 e. The standard InChI is InChI=1S/C11H5F2IO2/c12-7-8(13)11(15)16-10(9(7)14)6-4-2-1-3-5-6/h1-5H. The average Bonchev–Trinajstić information content (AvgIpc) is 2.32. The van der Waals surface area contributed by atoms with Gasteiger partial charge in [-0.15, -0.1) is 0 Å². The maximum atomic E-state index is 13.3. The third kappa shape index (κ3) is 1.87. The first-order valence-corrected chi connectivity index (χ1v) is 5.42. The van der Waals surface area contributed by atoms with Crippen LogP contribution < -0.4 is 5.63 Å². The van der Waals surface area contributed by atoms with E-state index < -0.39 is 17.3 Å². The highest BCUT2D eigenvalue weighted by Gasteiger charge is 2.18. The molecule has 0 aliphatic rings. The lowest BCUT2D eigenvalue weighted by molar-refractivity contribution is 0.411. The van der Waals surface area contributed by atoms with Crippen LogP contribution >= 0.6 is 22.6 Å². The quantitative estimate of drug-likeness (QED) is 0.750. The molecule has 0 bridgehead atoms. The van der Waals surface area contributed by atoms with Crippen molar-refractivity contribution >= 4 is 22.6 Å². The lowest BCUT2D eigenvalue weighted by Crippen LogP contribution is -2.10. The molecule has 0 aliphatic carbocycles. The molecule has 2 nitrogen and oxygen atoms in total. The maximum absolute atomic E-state index is 13.3. The molecule has 2 aromatic rings. The third-order valence-electron chi connectivity index (χ3n) is 1.99. The summed E-state index contributed by atoms with van der Waals surface area (Å²) in [4.78, 5) is 11.0. The number of rotatable bonds is 1. The van der Waals surface area contributed by atoms with Crippen molar-refractivity contribution in [1.29, 1.82) is 0 Å². The van der Waals surface area contributed by atoms with E-state index in [2.05, 4.69) is 0 Å². The third-order valence-corrected chi connectivity index (χ3v) is 2.96. The molecule has 16 heavy (non-hydrogen) atoms. The van der Waals surface area contributed by atoms with Crippen LogP contribution in [0.1, 0.15) is 0 Å². The van der Waals surface area contributed by atoms with E-state index in [9.17, 15) is 13.6 Å². The highest BCUT2D eigenvalue weighted by atomic mass is 127. The van der Waals surface area contributed by atoms with Gasteiger partial charge < -0.3 is 4.42 Å². The lowest BCUT2D eigenvalue weighted by Gasteiger charge is -2.03. The summed E-state index contributed by atoms with van der Waals surface area (Å²) in [5, 5.41) is 0. The van der Waals surface area contributed by atoms with E-state index in [4.69, 9.17) is 4.42 Å². The fourth-order valence-electron chi connectivity index (χ4n) is 1.24. The molecule has 0 radical (unpaired) electrons. The average molecular weight is 334 g/mol. The summed E-state index contributed by atoms with van der Waals surface area (Å²) < 4.78 is 30.9. The number of halogens is 3. The largest absolute Gasteiger partial charge is 0.419 e. The molecule has 0 saturated heterocycles. The summed E-state index contributed by atoms with van der Waals surface area (Å²) >= 11 is 1.60. The Hall–Kier alpha value is -1.24. The molecule has 1 aromatic heterocycles. The summed E-state index contributed by atoms with van der Waals surface area (Å²) in [6.07, 6.45) is 0. The predicted octanol–water partition coefficient (Wildman–Crippen LogP) is 3.19. The van der Waals surface area contributed by atoms with Gasteiger partial charge in [-0.05, 0) is 22.6 Å². The van der Waals surface area contributed by atoms with Gasteiger partial charge in [-0.25, -0.2) is 9.18 Å². The Kier molecular flexibility index (Phi) is 3.04. The van der Waals surface area contributed by atoms with E-state index in [1.807, 2.05) is 0 Å². The summed E-state index contributed by atoms with van der Waals surface area (Å²) in [5.74, 6) is -2.61. The van der Waals surface area contributed by atoms with Gasteiger partial charge >= 0.3 is 5.63 Å². The Labute approximate surface area is 103 Å². The van der Waals surface area contributed by atoms with Crippen LogP contribution in [-0.2, 0) is 0 Å². The first kappa shape index (κ1) is 11.3. The first-order chi connectivity index (χ1) is 7.61. The summed E-state index contributed by atoms with van der Waals surface area (Å²) in [6.45, 7) is 0. The van der Waals surface area contributed by atoms with Crippen molar-refractivity contribution in [3.05, 3.63) is 56.0 Å². The van der Waals surface area contributed by atoms with E-state index in [1.54, 1.807) is 52.9 Å². The fraction of sp³-hybridized carbons (Fsp3) is 0. The molecule has 0 atom stereocenters. The Morgan fingerprint density at radius 1 is 1.06 bits per heavy atom. The molecule has 0 aliphatic heterocycles. The second kappa shape index (κ2) is 4.32. The monoisotopic (exact) mass is 334 g/mol. The predicted molar refractivity (Wildman–Crippen MR) is 63.0 cm³/mol. The second-order valence-corrected chi connectivity index (χ2v) is 4.11. The number of benzene rings is 1. The van der Waals surface area contributed by atoms with Crippen LogP contribution in [0.5, 0.6) is 0 Å². The van der Waals surface area contributed by atoms with E-state index in [1.165, 1.54) is 0 Å². The lowest BCUT2D eigenvalue weighted by atomic mass is 10.1. The van der Waals surface area contributed by atoms with E-state index in [0.29, 0.717) is 5.56 Å². The topological polar surface area (TPSA) is 30.2 Å². The van der Waals surface area contributed by atoms with Crippen LogP contribution in [0.15, 0.2) is 39.5 Å². The maximum Gasteiger partial charge on any atom is 0.375 e. The van der Waals surface area contributed by atoms with E-state index in [0.717, 1.165) is 0 Å². The van der Waals surface area contributed by atoms with Crippen LogP contribution in [0.25, 0.3) is 11.3 Å². The highest BCUT2D eigenvalue weighted by Crippen LogP contribution is 2.26. The Balaban J connectivity index is 2.73. The molecule has 0 saturated carbocycles. The van der Waals surface area contributed by atoms with Crippen LogP contribution in [0.2, 0.25) is 0 Å². The zero-order valence-corrected chi connectivity index (χ0v) is 9.99. The van der Waals surface area contributed by atoms with E-state index >= 15 is 0 Å². The molecule has 0 N–H and O–H groups in total. The fourth-order valence-corrected chi connectivity index (χ4v) is 1.90. The van der Waals surface area contributed by atoms with E-state index in [-0.39, 0.29) is 9.33 Å². The molecular formula is C11H5F2IO2. The second-order valence-electron chi connectivity index (χ2n) is 3.03. The van der Waals surface area contributed by atoms with Gasteiger partial charge in [-0.3, -0.25) is 0 Å². The van der Waals surface area contributed by atoms with Crippen LogP contribution in [-0.4, -0.2) is 0 Å². The first-order valence-electron chi connectivity index (χ1n) is 4.34. The van der Waals surface area contributed by atoms with Crippen molar-refractivity contribution in [1.82, 2.24) is 0 Å². The zero-order valence-electron chi connectivity index (χ0n) is 7.84. The smallest absolute Gasteiger partial charge is 0.375 e. The van der Waals surface area contributed by atoms with Gasteiger partial charge in [-0.1, -0.05) is 30.3 Å². The zero-order chi connectivity index (χ0) is 11.7. The molecule has 5 heteroatoms. The molecule has 0 unspecified atom stereocenters. The summed E-state index contributed by atoms with van der Waals surface area (Å²) in [7, 11) is 0. The van der Waals surface area contributed by atoms with Crippen molar-refractivity contribution in [3.63, 3.8) is 0 Å². The Morgan fingerprint density at radius 3 is 2.31 bits per heavy atom. The van der Waals surface area contributed by atoms with Crippen LogP contribution in [0.3, 0.4) is 0 Å². The van der Waals surface area contributed by atoms with Crippen molar-refractivity contribution < 1.29 is 13.2 Å². The van der Waals surface area contributed by atoms with Crippen molar-refractivity contribution in [2.45, 2.75) is 0 Å².